The van der Waals surface area contributed by atoms with Crippen molar-refractivity contribution in [1.29, 1.82) is 0 Å². The number of benzene rings is 5. The molecule has 0 saturated carbocycles. The molecule has 0 N–H and O–H groups in total. The summed E-state index contributed by atoms with van der Waals surface area (Å²) in [5, 5.41) is 0. The molecule has 46 heavy (non-hydrogen) atoms. The SMILES string of the molecule is c1ccc(COCC2O[C@@H](Sc3ccccc3)C(OCc3ccccc3)C(OCc3ccccc3)[C@@H]2OCc2ccccc2)cc1. The normalized spacial score (nSPS) is 21.2. The molecule has 0 aliphatic carbocycles. The van der Waals surface area contributed by atoms with Gasteiger partial charge in [0.1, 0.15) is 29.9 Å². The van der Waals surface area contributed by atoms with Crippen LogP contribution in [0.1, 0.15) is 22.3 Å². The Kier molecular flexibility index (Phi) is 12.1. The summed E-state index contributed by atoms with van der Waals surface area (Å²) in [7, 11) is 0. The van der Waals surface area contributed by atoms with Crippen molar-refractivity contribution in [2.24, 2.45) is 0 Å². The third-order valence-corrected chi connectivity index (χ3v) is 8.99. The van der Waals surface area contributed by atoms with Gasteiger partial charge in [-0.15, -0.1) is 0 Å². The van der Waals surface area contributed by atoms with E-state index in [9.17, 15) is 0 Å². The van der Waals surface area contributed by atoms with Gasteiger partial charge < -0.3 is 23.7 Å². The van der Waals surface area contributed by atoms with Crippen LogP contribution in [0.25, 0.3) is 0 Å². The molecule has 1 fully saturated rings. The average molecular weight is 633 g/mol. The summed E-state index contributed by atoms with van der Waals surface area (Å²) in [5.74, 6) is 0. The molecule has 236 valence electrons. The fourth-order valence-corrected chi connectivity index (χ4v) is 6.62. The van der Waals surface area contributed by atoms with Gasteiger partial charge in [0, 0.05) is 4.90 Å². The van der Waals surface area contributed by atoms with E-state index in [4.69, 9.17) is 23.7 Å². The summed E-state index contributed by atoms with van der Waals surface area (Å²) in [5.41, 5.74) is 3.99. The van der Waals surface area contributed by atoms with Gasteiger partial charge in [-0.1, -0.05) is 151 Å². The molecule has 5 atom stereocenters. The minimum atomic E-state index is -0.451. The molecular formula is C40H40O5S. The lowest BCUT2D eigenvalue weighted by atomic mass is 9.98. The summed E-state index contributed by atoms with van der Waals surface area (Å²) in [6.45, 7) is 2.08. The maximum Gasteiger partial charge on any atom is 0.137 e. The number of ether oxygens (including phenoxy) is 5. The Hall–Kier alpha value is -3.75. The van der Waals surface area contributed by atoms with Crippen LogP contribution in [-0.4, -0.2) is 36.5 Å². The number of thioether (sulfide) groups is 1. The largest absolute Gasteiger partial charge is 0.374 e. The van der Waals surface area contributed by atoms with E-state index in [0.29, 0.717) is 33.0 Å². The fraction of sp³-hybridized carbons (Fsp3) is 0.250. The predicted molar refractivity (Wildman–Crippen MR) is 182 cm³/mol. The lowest BCUT2D eigenvalue weighted by molar-refractivity contribution is -0.254. The number of hydrogen-bond donors (Lipinski definition) is 0. The third kappa shape index (κ3) is 9.39. The van der Waals surface area contributed by atoms with Crippen LogP contribution in [0.5, 0.6) is 0 Å². The van der Waals surface area contributed by atoms with Crippen molar-refractivity contribution in [3.8, 4) is 0 Å². The van der Waals surface area contributed by atoms with Gasteiger partial charge in [-0.05, 0) is 34.4 Å². The Morgan fingerprint density at radius 3 is 1.30 bits per heavy atom. The minimum Gasteiger partial charge on any atom is -0.374 e. The van der Waals surface area contributed by atoms with Crippen molar-refractivity contribution < 1.29 is 23.7 Å². The standard InChI is InChI=1S/C40H40O5S/c1-6-16-31(17-7-1)26-41-30-36-37(42-27-32-18-8-2-9-19-32)38(43-28-33-20-10-3-11-21-33)39(44-29-34-22-12-4-13-23-34)40(45-36)46-35-24-14-5-15-25-35/h1-25,36-40H,26-30H2/t36?,37-,38?,39?,40+/m1/s1. The quantitative estimate of drug-likeness (QED) is 0.115. The number of hydrogen-bond acceptors (Lipinski definition) is 6. The Morgan fingerprint density at radius 2 is 0.826 bits per heavy atom. The Bertz CT molecular complexity index is 1540. The summed E-state index contributed by atoms with van der Waals surface area (Å²) in [6, 6.07) is 51.2. The van der Waals surface area contributed by atoms with Gasteiger partial charge >= 0.3 is 0 Å². The second-order valence-electron chi connectivity index (χ2n) is 11.3. The van der Waals surface area contributed by atoms with Crippen LogP contribution < -0.4 is 0 Å². The van der Waals surface area contributed by atoms with Crippen LogP contribution in [-0.2, 0) is 50.1 Å². The van der Waals surface area contributed by atoms with Crippen LogP contribution in [0.3, 0.4) is 0 Å². The first-order valence-electron chi connectivity index (χ1n) is 15.8. The molecule has 0 amide bonds. The van der Waals surface area contributed by atoms with Crippen molar-refractivity contribution in [2.75, 3.05) is 6.61 Å². The monoisotopic (exact) mass is 632 g/mol. The van der Waals surface area contributed by atoms with E-state index >= 15 is 0 Å². The molecule has 1 aliphatic heterocycles. The highest BCUT2D eigenvalue weighted by Crippen LogP contribution is 2.38. The van der Waals surface area contributed by atoms with E-state index < -0.39 is 24.4 Å². The Morgan fingerprint density at radius 1 is 0.435 bits per heavy atom. The van der Waals surface area contributed by atoms with Gasteiger partial charge in [-0.25, -0.2) is 0 Å². The Labute approximate surface area is 276 Å². The Balaban J connectivity index is 1.31. The first-order valence-corrected chi connectivity index (χ1v) is 16.7. The maximum atomic E-state index is 6.92. The molecule has 5 aromatic carbocycles. The molecule has 0 aromatic heterocycles. The van der Waals surface area contributed by atoms with Crippen molar-refractivity contribution in [3.63, 3.8) is 0 Å². The second kappa shape index (κ2) is 17.2. The molecule has 6 heteroatoms. The molecular weight excluding hydrogens is 593 g/mol. The highest BCUT2D eigenvalue weighted by atomic mass is 32.2. The van der Waals surface area contributed by atoms with Gasteiger partial charge in [0.05, 0.1) is 33.0 Å². The van der Waals surface area contributed by atoms with Gasteiger partial charge in [0.25, 0.3) is 0 Å². The summed E-state index contributed by atoms with van der Waals surface area (Å²) in [6.07, 6.45) is -1.72. The molecule has 1 heterocycles. The fourth-order valence-electron chi connectivity index (χ4n) is 5.48. The van der Waals surface area contributed by atoms with E-state index in [1.165, 1.54) is 0 Å². The first-order chi connectivity index (χ1) is 22.8. The van der Waals surface area contributed by atoms with E-state index in [0.717, 1.165) is 27.1 Å². The third-order valence-electron chi connectivity index (χ3n) is 7.84. The first kappa shape index (κ1) is 32.2. The zero-order valence-corrected chi connectivity index (χ0v) is 26.6. The van der Waals surface area contributed by atoms with E-state index in [1.807, 2.05) is 91.0 Å². The smallest absolute Gasteiger partial charge is 0.137 e. The van der Waals surface area contributed by atoms with Crippen LogP contribution in [0.4, 0.5) is 0 Å². The zero-order chi connectivity index (χ0) is 31.2. The van der Waals surface area contributed by atoms with Crippen molar-refractivity contribution in [2.45, 2.75) is 61.2 Å². The molecule has 5 nitrogen and oxygen atoms in total. The maximum absolute atomic E-state index is 6.92. The molecule has 0 bridgehead atoms. The van der Waals surface area contributed by atoms with Crippen LogP contribution in [0.2, 0.25) is 0 Å². The van der Waals surface area contributed by atoms with Crippen molar-refractivity contribution in [3.05, 3.63) is 174 Å². The second-order valence-corrected chi connectivity index (χ2v) is 12.4. The summed E-state index contributed by atoms with van der Waals surface area (Å²) >= 11 is 1.64. The molecule has 3 unspecified atom stereocenters. The van der Waals surface area contributed by atoms with Crippen LogP contribution in [0.15, 0.2) is 157 Å². The minimum absolute atomic E-state index is 0.344. The van der Waals surface area contributed by atoms with Gasteiger partial charge in [0.15, 0.2) is 0 Å². The lowest BCUT2D eigenvalue weighted by Crippen LogP contribution is -2.60. The molecule has 1 aliphatic rings. The molecule has 5 aromatic rings. The van der Waals surface area contributed by atoms with E-state index in [1.54, 1.807) is 11.8 Å². The molecule has 6 rings (SSSR count). The highest BCUT2D eigenvalue weighted by molar-refractivity contribution is 7.99. The molecule has 0 spiro atoms. The van der Waals surface area contributed by atoms with E-state index in [2.05, 4.69) is 60.7 Å². The summed E-state index contributed by atoms with van der Waals surface area (Å²) < 4.78 is 33.6. The van der Waals surface area contributed by atoms with Crippen LogP contribution in [0, 0.1) is 0 Å². The molecule has 1 saturated heterocycles. The van der Waals surface area contributed by atoms with Crippen molar-refractivity contribution >= 4 is 11.8 Å². The summed E-state index contributed by atoms with van der Waals surface area (Å²) in [4.78, 5) is 1.09. The lowest BCUT2D eigenvalue weighted by Gasteiger charge is -2.46. The van der Waals surface area contributed by atoms with Crippen molar-refractivity contribution in [1.82, 2.24) is 0 Å². The molecule has 0 radical (unpaired) electrons. The van der Waals surface area contributed by atoms with Gasteiger partial charge in [0.2, 0.25) is 0 Å². The average Bonchev–Trinajstić information content (AvgIpc) is 3.12. The topological polar surface area (TPSA) is 46.2 Å². The zero-order valence-electron chi connectivity index (χ0n) is 25.8. The van der Waals surface area contributed by atoms with E-state index in [-0.39, 0.29) is 5.44 Å². The number of rotatable bonds is 15. The highest BCUT2D eigenvalue weighted by Gasteiger charge is 2.48. The van der Waals surface area contributed by atoms with Gasteiger partial charge in [-0.2, -0.15) is 0 Å². The van der Waals surface area contributed by atoms with Gasteiger partial charge in [-0.3, -0.25) is 0 Å². The predicted octanol–water partition coefficient (Wildman–Crippen LogP) is 8.48. The van der Waals surface area contributed by atoms with Crippen LogP contribution >= 0.6 is 11.8 Å².